The van der Waals surface area contributed by atoms with Crippen LogP contribution in [0.4, 0.5) is 4.39 Å². The number of nitrogens with two attached hydrogens (primary N) is 1. The van der Waals surface area contributed by atoms with Crippen LogP contribution in [0.5, 0.6) is 0 Å². The molecule has 1 aromatic carbocycles. The van der Waals surface area contributed by atoms with E-state index in [1.54, 1.807) is 12.1 Å². The van der Waals surface area contributed by atoms with Gasteiger partial charge in [0.2, 0.25) is 0 Å². The maximum Gasteiger partial charge on any atom is 0.137 e. The monoisotopic (exact) mass is 201 g/mol. The van der Waals surface area contributed by atoms with Crippen molar-refractivity contribution >= 4 is 11.8 Å². The topological polar surface area (TPSA) is 46.2 Å². The number of aliphatic hydroxyl groups is 1. The molecule has 0 aromatic heterocycles. The quantitative estimate of drug-likeness (QED) is 0.723. The van der Waals surface area contributed by atoms with Crippen LogP contribution < -0.4 is 5.73 Å². The summed E-state index contributed by atoms with van der Waals surface area (Å²) in [6, 6.07) is 4.84. The minimum absolute atomic E-state index is 0.0447. The third-order valence-electron chi connectivity index (χ3n) is 1.61. The van der Waals surface area contributed by atoms with Gasteiger partial charge < -0.3 is 10.8 Å². The summed E-state index contributed by atoms with van der Waals surface area (Å²) in [4.78, 5) is 0.555. The molecule has 0 amide bonds. The highest BCUT2D eigenvalue weighted by atomic mass is 32.2. The summed E-state index contributed by atoms with van der Waals surface area (Å²) < 4.78 is 13.2. The van der Waals surface area contributed by atoms with Gasteiger partial charge in [0.25, 0.3) is 0 Å². The average Bonchev–Trinajstić information content (AvgIpc) is 2.15. The minimum atomic E-state index is -0.263. The predicted octanol–water partition coefficient (Wildman–Crippen LogP) is 1.37. The standard InChI is InChI=1S/C9H12FNOS/c10-8-3-1-2-7(6-11)9(8)13-5-4-12/h1-3,12H,4-6,11H2. The molecular weight excluding hydrogens is 189 g/mol. The van der Waals surface area contributed by atoms with E-state index in [9.17, 15) is 4.39 Å². The second-order valence-corrected chi connectivity index (χ2v) is 3.61. The second-order valence-electron chi connectivity index (χ2n) is 2.50. The second kappa shape index (κ2) is 5.21. The highest BCUT2D eigenvalue weighted by molar-refractivity contribution is 7.99. The maximum absolute atomic E-state index is 13.2. The normalized spacial score (nSPS) is 10.4. The summed E-state index contributed by atoms with van der Waals surface area (Å²) in [5.41, 5.74) is 6.24. The molecule has 0 heterocycles. The van der Waals surface area contributed by atoms with Crippen molar-refractivity contribution < 1.29 is 9.50 Å². The summed E-state index contributed by atoms with van der Waals surface area (Å²) in [5.74, 6) is 0.231. The fourth-order valence-electron chi connectivity index (χ4n) is 1.02. The molecule has 0 unspecified atom stereocenters. The lowest BCUT2D eigenvalue weighted by Crippen LogP contribution is -2.00. The Hall–Kier alpha value is -0.580. The fraction of sp³-hybridized carbons (Fsp3) is 0.333. The zero-order valence-electron chi connectivity index (χ0n) is 7.16. The molecule has 0 aliphatic rings. The molecule has 0 bridgehead atoms. The fourth-order valence-corrected chi connectivity index (χ4v) is 1.86. The summed E-state index contributed by atoms with van der Waals surface area (Å²) in [5, 5.41) is 8.61. The first kappa shape index (κ1) is 10.5. The van der Waals surface area contributed by atoms with E-state index in [2.05, 4.69) is 0 Å². The zero-order chi connectivity index (χ0) is 9.68. The van der Waals surface area contributed by atoms with Crippen LogP contribution in [0.3, 0.4) is 0 Å². The van der Waals surface area contributed by atoms with Crippen molar-refractivity contribution in [2.45, 2.75) is 11.4 Å². The lowest BCUT2D eigenvalue weighted by atomic mass is 10.2. The van der Waals surface area contributed by atoms with Crippen molar-refractivity contribution in [3.05, 3.63) is 29.6 Å². The van der Waals surface area contributed by atoms with E-state index >= 15 is 0 Å². The Kier molecular flexibility index (Phi) is 4.21. The van der Waals surface area contributed by atoms with Gasteiger partial charge in [-0.3, -0.25) is 0 Å². The van der Waals surface area contributed by atoms with Crippen LogP contribution in [0.25, 0.3) is 0 Å². The molecule has 0 aliphatic heterocycles. The van der Waals surface area contributed by atoms with Crippen LogP contribution in [0.1, 0.15) is 5.56 Å². The molecule has 0 aliphatic carbocycles. The van der Waals surface area contributed by atoms with Crippen molar-refractivity contribution in [3.8, 4) is 0 Å². The van der Waals surface area contributed by atoms with E-state index in [0.717, 1.165) is 5.56 Å². The van der Waals surface area contributed by atoms with Crippen LogP contribution in [0.15, 0.2) is 23.1 Å². The molecule has 1 rings (SSSR count). The van der Waals surface area contributed by atoms with E-state index in [1.165, 1.54) is 17.8 Å². The molecule has 2 nitrogen and oxygen atoms in total. The van der Waals surface area contributed by atoms with Crippen LogP contribution in [-0.2, 0) is 6.54 Å². The third-order valence-corrected chi connectivity index (χ3v) is 2.74. The van der Waals surface area contributed by atoms with Crippen molar-refractivity contribution in [3.63, 3.8) is 0 Å². The van der Waals surface area contributed by atoms with Crippen LogP contribution >= 0.6 is 11.8 Å². The summed E-state index contributed by atoms with van der Waals surface area (Å²) in [6.07, 6.45) is 0. The van der Waals surface area contributed by atoms with Gasteiger partial charge in [-0.05, 0) is 11.6 Å². The Bertz CT molecular complexity index is 280. The van der Waals surface area contributed by atoms with E-state index < -0.39 is 0 Å². The number of hydrogen-bond acceptors (Lipinski definition) is 3. The largest absolute Gasteiger partial charge is 0.396 e. The van der Waals surface area contributed by atoms with Gasteiger partial charge in [0.15, 0.2) is 0 Å². The smallest absolute Gasteiger partial charge is 0.137 e. The minimum Gasteiger partial charge on any atom is -0.396 e. The molecule has 0 fully saturated rings. The zero-order valence-corrected chi connectivity index (χ0v) is 7.98. The SMILES string of the molecule is NCc1cccc(F)c1SCCO. The van der Waals surface area contributed by atoms with E-state index in [0.29, 0.717) is 17.2 Å². The van der Waals surface area contributed by atoms with Crippen molar-refractivity contribution in [1.29, 1.82) is 0 Å². The van der Waals surface area contributed by atoms with E-state index in [-0.39, 0.29) is 12.4 Å². The van der Waals surface area contributed by atoms with E-state index in [1.807, 2.05) is 0 Å². The molecule has 72 valence electrons. The first-order chi connectivity index (χ1) is 6.29. The number of thioether (sulfide) groups is 1. The van der Waals surface area contributed by atoms with Crippen LogP contribution in [0, 0.1) is 5.82 Å². The lowest BCUT2D eigenvalue weighted by Gasteiger charge is -2.06. The molecular formula is C9H12FNOS. The van der Waals surface area contributed by atoms with Crippen molar-refractivity contribution in [2.24, 2.45) is 5.73 Å². The summed E-state index contributed by atoms with van der Waals surface area (Å²) in [6.45, 7) is 0.370. The molecule has 13 heavy (non-hydrogen) atoms. The predicted molar refractivity (Wildman–Crippen MR) is 52.1 cm³/mol. The van der Waals surface area contributed by atoms with Gasteiger partial charge in [0.1, 0.15) is 5.82 Å². The molecule has 0 spiro atoms. The molecule has 0 atom stereocenters. The number of rotatable bonds is 4. The van der Waals surface area contributed by atoms with Crippen molar-refractivity contribution in [1.82, 2.24) is 0 Å². The third kappa shape index (κ3) is 2.69. The Labute approximate surface area is 80.9 Å². The van der Waals surface area contributed by atoms with Gasteiger partial charge in [0, 0.05) is 17.2 Å². The molecule has 0 saturated heterocycles. The van der Waals surface area contributed by atoms with Gasteiger partial charge in [-0.1, -0.05) is 12.1 Å². The Morgan fingerprint density at radius 1 is 1.46 bits per heavy atom. The molecule has 0 radical (unpaired) electrons. The Balaban J connectivity index is 2.87. The van der Waals surface area contributed by atoms with E-state index in [4.69, 9.17) is 10.8 Å². The Morgan fingerprint density at radius 2 is 2.23 bits per heavy atom. The van der Waals surface area contributed by atoms with Crippen LogP contribution in [-0.4, -0.2) is 17.5 Å². The number of halogens is 1. The van der Waals surface area contributed by atoms with Gasteiger partial charge in [0.05, 0.1) is 6.61 Å². The summed E-state index contributed by atoms with van der Waals surface area (Å²) in [7, 11) is 0. The highest BCUT2D eigenvalue weighted by Crippen LogP contribution is 2.25. The molecule has 0 saturated carbocycles. The van der Waals surface area contributed by atoms with Crippen LogP contribution in [0.2, 0.25) is 0 Å². The van der Waals surface area contributed by atoms with Gasteiger partial charge >= 0.3 is 0 Å². The van der Waals surface area contributed by atoms with Gasteiger partial charge in [-0.2, -0.15) is 0 Å². The molecule has 4 heteroatoms. The lowest BCUT2D eigenvalue weighted by molar-refractivity contribution is 0.322. The van der Waals surface area contributed by atoms with Crippen molar-refractivity contribution in [2.75, 3.05) is 12.4 Å². The number of hydrogen-bond donors (Lipinski definition) is 2. The first-order valence-electron chi connectivity index (χ1n) is 4.00. The number of benzene rings is 1. The Morgan fingerprint density at radius 3 is 2.85 bits per heavy atom. The maximum atomic E-state index is 13.2. The van der Waals surface area contributed by atoms with Gasteiger partial charge in [-0.25, -0.2) is 4.39 Å². The first-order valence-corrected chi connectivity index (χ1v) is 4.99. The number of aliphatic hydroxyl groups excluding tert-OH is 1. The molecule has 1 aromatic rings. The highest BCUT2D eigenvalue weighted by Gasteiger charge is 2.06. The summed E-state index contributed by atoms with van der Waals surface area (Å²) >= 11 is 1.29. The van der Waals surface area contributed by atoms with Gasteiger partial charge in [-0.15, -0.1) is 11.8 Å². The molecule has 3 N–H and O–H groups in total. The average molecular weight is 201 g/mol.